The molecule has 0 unspecified atom stereocenters. The molecule has 64 heavy (non-hydrogen) atoms. The summed E-state index contributed by atoms with van der Waals surface area (Å²) >= 11 is 0. The molecule has 0 N–H and O–H groups in total. The molecule has 1 atom stereocenters. The quantitative estimate of drug-likeness (QED) is 0.0262. The average molecular weight is 891 g/mol. The van der Waals surface area contributed by atoms with Gasteiger partial charge in [-0.2, -0.15) is 0 Å². The van der Waals surface area contributed by atoms with Gasteiger partial charge < -0.3 is 14.2 Å². The van der Waals surface area contributed by atoms with Crippen LogP contribution < -0.4 is 0 Å². The molecular weight excluding hydrogens is 793 g/mol. The van der Waals surface area contributed by atoms with Crippen LogP contribution in [0.25, 0.3) is 0 Å². The van der Waals surface area contributed by atoms with E-state index in [2.05, 4.69) is 106 Å². The third-order valence-electron chi connectivity index (χ3n) is 11.1. The van der Waals surface area contributed by atoms with Crippen LogP contribution in [-0.2, 0) is 28.6 Å². The van der Waals surface area contributed by atoms with Crippen LogP contribution in [0.2, 0.25) is 0 Å². The molecule has 0 aliphatic rings. The zero-order valence-corrected chi connectivity index (χ0v) is 41.8. The van der Waals surface area contributed by atoms with Crippen molar-refractivity contribution in [2.75, 3.05) is 13.2 Å². The van der Waals surface area contributed by atoms with E-state index in [-0.39, 0.29) is 44.0 Å². The molecule has 0 saturated carbocycles. The van der Waals surface area contributed by atoms with Crippen molar-refractivity contribution >= 4 is 17.9 Å². The molecule has 0 spiro atoms. The van der Waals surface area contributed by atoms with E-state index in [1.165, 1.54) is 128 Å². The smallest absolute Gasteiger partial charge is 0.306 e. The van der Waals surface area contributed by atoms with E-state index in [9.17, 15) is 14.4 Å². The van der Waals surface area contributed by atoms with E-state index in [0.29, 0.717) is 19.3 Å². The number of hydrogen-bond acceptors (Lipinski definition) is 6. The van der Waals surface area contributed by atoms with Gasteiger partial charge in [0.2, 0.25) is 0 Å². The molecule has 6 heteroatoms. The first-order valence-electron chi connectivity index (χ1n) is 26.6. The Morgan fingerprint density at radius 3 is 0.969 bits per heavy atom. The second kappa shape index (κ2) is 52.2. The molecule has 0 aromatic rings. The van der Waals surface area contributed by atoms with Crippen LogP contribution in [0.5, 0.6) is 0 Å². The molecule has 6 nitrogen and oxygen atoms in total. The fourth-order valence-corrected chi connectivity index (χ4v) is 7.10. The van der Waals surface area contributed by atoms with Gasteiger partial charge in [0.15, 0.2) is 6.10 Å². The first-order chi connectivity index (χ1) is 31.5. The molecule has 0 bridgehead atoms. The second-order valence-electron chi connectivity index (χ2n) is 17.4. The Morgan fingerprint density at radius 2 is 0.578 bits per heavy atom. The summed E-state index contributed by atoms with van der Waals surface area (Å²) in [5, 5.41) is 0. The van der Waals surface area contributed by atoms with E-state index in [1.807, 2.05) is 0 Å². The van der Waals surface area contributed by atoms with E-state index in [1.54, 1.807) is 0 Å². The SMILES string of the molecule is CCCCC/C=C\C/C=C\C/C=C\C/C=C\CCCC(=O)OC[C@H](COC(=O)CCCCCCCCCCCCCC)OC(=O)CCC/C=C\C/C=C\C/C=C\CCCCCCCC. The monoisotopic (exact) mass is 891 g/mol. The maximum atomic E-state index is 12.8. The lowest BCUT2D eigenvalue weighted by atomic mass is 10.0. The average Bonchev–Trinajstić information content (AvgIpc) is 3.29. The number of ether oxygens (including phenoxy) is 3. The zero-order chi connectivity index (χ0) is 46.5. The lowest BCUT2D eigenvalue weighted by molar-refractivity contribution is -0.167. The second-order valence-corrected chi connectivity index (χ2v) is 17.4. The number of allylic oxidation sites excluding steroid dienone is 14. The van der Waals surface area contributed by atoms with Crippen LogP contribution in [0.1, 0.15) is 245 Å². The van der Waals surface area contributed by atoms with E-state index >= 15 is 0 Å². The molecular formula is C58H98O6. The third-order valence-corrected chi connectivity index (χ3v) is 11.1. The molecule has 0 amide bonds. The predicted octanol–water partition coefficient (Wildman–Crippen LogP) is 17.6. The van der Waals surface area contributed by atoms with Crippen molar-refractivity contribution in [3.8, 4) is 0 Å². The fraction of sp³-hybridized carbons (Fsp3) is 0.707. The van der Waals surface area contributed by atoms with Crippen LogP contribution in [0.15, 0.2) is 85.1 Å². The van der Waals surface area contributed by atoms with Gasteiger partial charge in [0.1, 0.15) is 13.2 Å². The predicted molar refractivity (Wildman–Crippen MR) is 274 cm³/mol. The highest BCUT2D eigenvalue weighted by atomic mass is 16.6. The highest BCUT2D eigenvalue weighted by Crippen LogP contribution is 2.14. The molecule has 0 aliphatic heterocycles. The molecule has 0 radical (unpaired) electrons. The lowest BCUT2D eigenvalue weighted by Crippen LogP contribution is -2.30. The normalized spacial score (nSPS) is 12.7. The summed E-state index contributed by atoms with van der Waals surface area (Å²) in [6.45, 7) is 6.51. The van der Waals surface area contributed by atoms with E-state index < -0.39 is 6.10 Å². The fourth-order valence-electron chi connectivity index (χ4n) is 7.10. The summed E-state index contributed by atoms with van der Waals surface area (Å²) in [6.07, 6.45) is 67.2. The lowest BCUT2D eigenvalue weighted by Gasteiger charge is -2.18. The van der Waals surface area contributed by atoms with Gasteiger partial charge in [0.25, 0.3) is 0 Å². The molecule has 0 aromatic heterocycles. The Balaban J connectivity index is 4.54. The van der Waals surface area contributed by atoms with Gasteiger partial charge in [0, 0.05) is 19.3 Å². The van der Waals surface area contributed by atoms with Crippen molar-refractivity contribution < 1.29 is 28.6 Å². The summed E-state index contributed by atoms with van der Waals surface area (Å²) in [5.74, 6) is -1.02. The van der Waals surface area contributed by atoms with Gasteiger partial charge in [0.05, 0.1) is 0 Å². The van der Waals surface area contributed by atoms with Gasteiger partial charge in [-0.05, 0) is 89.9 Å². The van der Waals surface area contributed by atoms with E-state index in [0.717, 1.165) is 64.2 Å². The van der Waals surface area contributed by atoms with E-state index in [4.69, 9.17) is 14.2 Å². The van der Waals surface area contributed by atoms with Gasteiger partial charge in [-0.3, -0.25) is 14.4 Å². The van der Waals surface area contributed by atoms with Crippen molar-refractivity contribution in [2.24, 2.45) is 0 Å². The molecule has 0 heterocycles. The molecule has 0 rings (SSSR count). The Kier molecular flexibility index (Phi) is 49.4. The van der Waals surface area contributed by atoms with Crippen molar-refractivity contribution in [3.63, 3.8) is 0 Å². The highest BCUT2D eigenvalue weighted by Gasteiger charge is 2.19. The summed E-state index contributed by atoms with van der Waals surface area (Å²) in [4.78, 5) is 37.9. The molecule has 0 aliphatic carbocycles. The summed E-state index contributed by atoms with van der Waals surface area (Å²) in [7, 11) is 0. The minimum Gasteiger partial charge on any atom is -0.462 e. The highest BCUT2D eigenvalue weighted by molar-refractivity contribution is 5.71. The third kappa shape index (κ3) is 49.6. The van der Waals surface area contributed by atoms with Crippen molar-refractivity contribution in [1.82, 2.24) is 0 Å². The van der Waals surface area contributed by atoms with Gasteiger partial charge >= 0.3 is 17.9 Å². The number of hydrogen-bond donors (Lipinski definition) is 0. The van der Waals surface area contributed by atoms with Crippen LogP contribution in [0.4, 0.5) is 0 Å². The molecule has 0 saturated heterocycles. The van der Waals surface area contributed by atoms with Crippen LogP contribution in [0.3, 0.4) is 0 Å². The van der Waals surface area contributed by atoms with Gasteiger partial charge in [-0.15, -0.1) is 0 Å². The minimum atomic E-state index is -0.823. The number of rotatable bonds is 47. The van der Waals surface area contributed by atoms with Gasteiger partial charge in [-0.1, -0.05) is 221 Å². The molecule has 0 fully saturated rings. The summed E-state index contributed by atoms with van der Waals surface area (Å²) in [6, 6.07) is 0. The van der Waals surface area contributed by atoms with Crippen LogP contribution in [-0.4, -0.2) is 37.2 Å². The summed E-state index contributed by atoms with van der Waals surface area (Å²) in [5.41, 5.74) is 0. The Hall–Kier alpha value is -3.41. The Bertz CT molecular complexity index is 1250. The largest absolute Gasteiger partial charge is 0.462 e. The first-order valence-corrected chi connectivity index (χ1v) is 26.6. The number of esters is 3. The van der Waals surface area contributed by atoms with Crippen LogP contribution in [0, 0.1) is 0 Å². The topological polar surface area (TPSA) is 78.9 Å². The minimum absolute atomic E-state index is 0.112. The standard InChI is InChI=1S/C58H98O6/c1-4-7-10-13-16-19-22-25-27-29-31-33-36-39-42-45-48-51-57(60)63-54-55(53-62-56(59)50-47-44-41-38-35-24-21-18-15-12-9-6-3)64-58(61)52-49-46-43-40-37-34-32-30-28-26-23-20-17-14-11-8-5-2/h16,19,25-28,31-34,39-40,42-43,55H,4-15,17-18,20-24,29-30,35-38,41,44-54H2,1-3H3/b19-16-,27-25-,28-26-,33-31-,34-32-,42-39-,43-40-/t55-/m0/s1. The van der Waals surface area contributed by atoms with Crippen molar-refractivity contribution in [1.29, 1.82) is 0 Å². The maximum Gasteiger partial charge on any atom is 0.306 e. The number of carbonyl (C=O) groups is 3. The Morgan fingerprint density at radius 1 is 0.312 bits per heavy atom. The number of carbonyl (C=O) groups excluding carboxylic acids is 3. The number of unbranched alkanes of at least 4 members (excludes halogenated alkanes) is 22. The van der Waals surface area contributed by atoms with Crippen LogP contribution >= 0.6 is 0 Å². The van der Waals surface area contributed by atoms with Gasteiger partial charge in [-0.25, -0.2) is 0 Å². The van der Waals surface area contributed by atoms with Crippen molar-refractivity contribution in [3.05, 3.63) is 85.1 Å². The zero-order valence-electron chi connectivity index (χ0n) is 41.8. The van der Waals surface area contributed by atoms with Crippen molar-refractivity contribution in [2.45, 2.75) is 252 Å². The molecule has 366 valence electrons. The first kappa shape index (κ1) is 60.6. The molecule has 0 aromatic carbocycles. The Labute approximate surface area is 395 Å². The summed E-state index contributed by atoms with van der Waals surface area (Å²) < 4.78 is 16.7. The maximum absolute atomic E-state index is 12.8.